The minimum absolute atomic E-state index is 0.143. The number of hydrogen-bond acceptors (Lipinski definition) is 9. The zero-order chi connectivity index (χ0) is 44.2. The van der Waals surface area contributed by atoms with Crippen LogP contribution in [0.2, 0.25) is 0 Å². The van der Waals surface area contributed by atoms with Gasteiger partial charge in [-0.1, -0.05) is 158 Å². The molecule has 0 aromatic carbocycles. The SMILES string of the molecule is CCCCC/C=C\C/C=C\C/C=C\CCCCCCCCC(=O)OC(COC(=O)CCCCCCCCC/C=C\C/C=C\CCCCC)COP(=O)(O)OCC(N)C(=O)O. The molecule has 3 atom stereocenters. The number of carbonyl (C=O) groups is 3. The fourth-order valence-corrected chi connectivity index (χ4v) is 6.82. The average molecular weight is 866 g/mol. The Labute approximate surface area is 364 Å². The van der Waals surface area contributed by atoms with Crippen LogP contribution >= 0.6 is 7.82 Å². The third kappa shape index (κ3) is 41.9. The first-order valence-corrected chi connectivity index (χ1v) is 24.8. The molecule has 0 spiro atoms. The monoisotopic (exact) mass is 866 g/mol. The van der Waals surface area contributed by atoms with Gasteiger partial charge in [-0.25, -0.2) is 4.57 Å². The normalized spacial score (nSPS) is 14.2. The minimum Gasteiger partial charge on any atom is -0.480 e. The third-order valence-electron chi connectivity index (χ3n) is 9.74. The van der Waals surface area contributed by atoms with Gasteiger partial charge in [0.05, 0.1) is 13.2 Å². The molecule has 0 radical (unpaired) electrons. The zero-order valence-electron chi connectivity index (χ0n) is 37.5. The van der Waals surface area contributed by atoms with E-state index in [1.165, 1.54) is 64.2 Å². The summed E-state index contributed by atoms with van der Waals surface area (Å²) in [5, 5.41) is 8.90. The molecule has 0 saturated carbocycles. The van der Waals surface area contributed by atoms with Crippen molar-refractivity contribution >= 4 is 25.7 Å². The predicted molar refractivity (Wildman–Crippen MR) is 245 cm³/mol. The highest BCUT2D eigenvalue weighted by Crippen LogP contribution is 2.43. The van der Waals surface area contributed by atoms with Gasteiger partial charge >= 0.3 is 25.7 Å². The van der Waals surface area contributed by atoms with Crippen molar-refractivity contribution in [3.05, 3.63) is 60.8 Å². The van der Waals surface area contributed by atoms with Crippen molar-refractivity contribution in [3.63, 3.8) is 0 Å². The first-order valence-electron chi connectivity index (χ1n) is 23.3. The second kappa shape index (κ2) is 42.9. The predicted octanol–water partition coefficient (Wildman–Crippen LogP) is 12.7. The Hall–Kier alpha value is -2.82. The number of hydrogen-bond donors (Lipinski definition) is 3. The number of carbonyl (C=O) groups excluding carboxylic acids is 2. The van der Waals surface area contributed by atoms with E-state index in [2.05, 4.69) is 79.1 Å². The van der Waals surface area contributed by atoms with Gasteiger partial charge in [-0.05, 0) is 83.5 Å². The van der Waals surface area contributed by atoms with Gasteiger partial charge in [0.15, 0.2) is 6.10 Å². The molecule has 12 heteroatoms. The van der Waals surface area contributed by atoms with Crippen LogP contribution in [0.15, 0.2) is 60.8 Å². The second-order valence-corrected chi connectivity index (χ2v) is 17.0. The van der Waals surface area contributed by atoms with Crippen molar-refractivity contribution in [1.29, 1.82) is 0 Å². The number of aliphatic carboxylic acids is 1. The number of carboxylic acids is 1. The van der Waals surface area contributed by atoms with Crippen molar-refractivity contribution < 1.29 is 47.5 Å². The molecule has 60 heavy (non-hydrogen) atoms. The van der Waals surface area contributed by atoms with E-state index in [4.69, 9.17) is 24.8 Å². The third-order valence-corrected chi connectivity index (χ3v) is 10.7. The molecular weight excluding hydrogens is 781 g/mol. The van der Waals surface area contributed by atoms with E-state index >= 15 is 0 Å². The maximum Gasteiger partial charge on any atom is 0.472 e. The Morgan fingerprint density at radius 2 is 0.883 bits per heavy atom. The summed E-state index contributed by atoms with van der Waals surface area (Å²) in [6.07, 6.45) is 49.8. The van der Waals surface area contributed by atoms with Crippen LogP contribution in [-0.2, 0) is 37.5 Å². The standard InChI is InChI=1S/C48H84NO10P/c1-3-5-7-9-11-13-15-17-19-21-22-24-26-28-30-32-34-36-38-40-47(51)59-44(42-57-60(54,55)58-43-45(49)48(52)53)41-56-46(50)39-37-35-33-31-29-27-25-23-20-18-16-14-12-10-8-6-4-2/h11-14,17-20,22,24,44-45H,3-10,15-16,21,23,25-43,49H2,1-2H3,(H,52,53)(H,54,55)/b13-11-,14-12-,19-17-,20-18-,24-22-. The number of ether oxygens (including phenoxy) is 2. The summed E-state index contributed by atoms with van der Waals surface area (Å²) in [6, 6.07) is -1.53. The van der Waals surface area contributed by atoms with Gasteiger partial charge in [-0.3, -0.25) is 23.4 Å². The summed E-state index contributed by atoms with van der Waals surface area (Å²) in [6.45, 7) is 2.73. The van der Waals surface area contributed by atoms with Crippen LogP contribution in [-0.4, -0.2) is 59.9 Å². The number of allylic oxidation sites excluding steroid dienone is 10. The molecule has 0 bridgehead atoms. The van der Waals surface area contributed by atoms with Crippen LogP contribution in [0.5, 0.6) is 0 Å². The molecule has 0 heterocycles. The van der Waals surface area contributed by atoms with Crippen LogP contribution < -0.4 is 5.73 Å². The Morgan fingerprint density at radius 1 is 0.517 bits per heavy atom. The highest BCUT2D eigenvalue weighted by atomic mass is 31.2. The van der Waals surface area contributed by atoms with Gasteiger partial charge in [0, 0.05) is 12.8 Å². The van der Waals surface area contributed by atoms with Crippen molar-refractivity contribution in [2.24, 2.45) is 5.73 Å². The van der Waals surface area contributed by atoms with Gasteiger partial charge in [0.2, 0.25) is 0 Å². The minimum atomic E-state index is -4.73. The number of unbranched alkanes of at least 4 members (excludes halogenated alkanes) is 19. The highest BCUT2D eigenvalue weighted by Gasteiger charge is 2.28. The number of rotatable bonds is 43. The summed E-state index contributed by atoms with van der Waals surface area (Å²) < 4.78 is 32.7. The molecule has 11 nitrogen and oxygen atoms in total. The van der Waals surface area contributed by atoms with E-state index in [0.29, 0.717) is 12.8 Å². The number of phosphoric acid groups is 1. The van der Waals surface area contributed by atoms with E-state index in [0.717, 1.165) is 89.9 Å². The second-order valence-electron chi connectivity index (χ2n) is 15.5. The van der Waals surface area contributed by atoms with E-state index in [1.807, 2.05) is 0 Å². The van der Waals surface area contributed by atoms with Crippen molar-refractivity contribution in [2.75, 3.05) is 19.8 Å². The molecule has 4 N–H and O–H groups in total. The lowest BCUT2D eigenvalue weighted by Crippen LogP contribution is -2.34. The molecule has 0 aliphatic carbocycles. The number of esters is 2. The molecule has 0 fully saturated rings. The van der Waals surface area contributed by atoms with Crippen molar-refractivity contribution in [1.82, 2.24) is 0 Å². The number of carboxylic acid groups (broad SMARTS) is 1. The molecule has 0 aromatic rings. The summed E-state index contributed by atoms with van der Waals surface area (Å²) in [5.41, 5.74) is 5.34. The average Bonchev–Trinajstić information content (AvgIpc) is 3.22. The largest absolute Gasteiger partial charge is 0.480 e. The lowest BCUT2D eigenvalue weighted by atomic mass is 10.1. The zero-order valence-corrected chi connectivity index (χ0v) is 38.4. The number of nitrogens with two attached hydrogens (primary N) is 1. The Bertz CT molecular complexity index is 1250. The first kappa shape index (κ1) is 57.2. The van der Waals surface area contributed by atoms with Crippen molar-refractivity contribution in [2.45, 2.75) is 206 Å². The Kier molecular flexibility index (Phi) is 40.8. The highest BCUT2D eigenvalue weighted by molar-refractivity contribution is 7.47. The molecule has 346 valence electrons. The molecule has 0 amide bonds. The van der Waals surface area contributed by atoms with Crippen LogP contribution in [0.1, 0.15) is 194 Å². The van der Waals surface area contributed by atoms with Crippen LogP contribution in [0.3, 0.4) is 0 Å². The van der Waals surface area contributed by atoms with E-state index in [-0.39, 0.29) is 19.4 Å². The van der Waals surface area contributed by atoms with Gasteiger partial charge < -0.3 is 25.2 Å². The molecule has 0 aliphatic heterocycles. The fraction of sp³-hybridized carbons (Fsp3) is 0.729. The number of phosphoric ester groups is 1. The molecule has 0 aromatic heterocycles. The molecule has 0 rings (SSSR count). The van der Waals surface area contributed by atoms with E-state index in [1.54, 1.807) is 0 Å². The van der Waals surface area contributed by atoms with Crippen LogP contribution in [0.4, 0.5) is 0 Å². The molecule has 0 aliphatic rings. The summed E-state index contributed by atoms with van der Waals surface area (Å²) in [5.74, 6) is -2.41. The van der Waals surface area contributed by atoms with E-state index in [9.17, 15) is 23.8 Å². The Morgan fingerprint density at radius 3 is 1.32 bits per heavy atom. The summed E-state index contributed by atoms with van der Waals surface area (Å²) in [7, 11) is -4.73. The molecule has 3 unspecified atom stereocenters. The lowest BCUT2D eigenvalue weighted by Gasteiger charge is -2.20. The first-order chi connectivity index (χ1) is 29.1. The van der Waals surface area contributed by atoms with E-state index < -0.39 is 51.1 Å². The molecule has 0 saturated heterocycles. The van der Waals surface area contributed by atoms with Gasteiger partial charge in [0.1, 0.15) is 12.6 Å². The quantitative estimate of drug-likeness (QED) is 0.0230. The van der Waals surface area contributed by atoms with Crippen molar-refractivity contribution in [3.8, 4) is 0 Å². The smallest absolute Gasteiger partial charge is 0.472 e. The summed E-state index contributed by atoms with van der Waals surface area (Å²) in [4.78, 5) is 46.1. The van der Waals surface area contributed by atoms with Crippen LogP contribution in [0.25, 0.3) is 0 Å². The Balaban J connectivity index is 4.37. The van der Waals surface area contributed by atoms with Gasteiger partial charge in [-0.2, -0.15) is 0 Å². The van der Waals surface area contributed by atoms with Gasteiger partial charge in [-0.15, -0.1) is 0 Å². The van der Waals surface area contributed by atoms with Crippen LogP contribution in [0, 0.1) is 0 Å². The fourth-order valence-electron chi connectivity index (χ4n) is 6.04. The maximum atomic E-state index is 12.7. The molecular formula is C48H84NO10P. The maximum absolute atomic E-state index is 12.7. The lowest BCUT2D eigenvalue weighted by molar-refractivity contribution is -0.161. The topological polar surface area (TPSA) is 172 Å². The summed E-state index contributed by atoms with van der Waals surface area (Å²) >= 11 is 0. The van der Waals surface area contributed by atoms with Gasteiger partial charge in [0.25, 0.3) is 0 Å².